The molecule has 2 N–H and O–H groups in total. The van der Waals surface area contributed by atoms with Gasteiger partial charge in [-0.2, -0.15) is 5.10 Å². The Morgan fingerprint density at radius 3 is 2.73 bits per heavy atom. The molecule has 2 heterocycles. The molecule has 1 aliphatic carbocycles. The quantitative estimate of drug-likeness (QED) is 0.748. The molecule has 110 valence electrons. The number of anilines is 1. The molecule has 0 fully saturated rings. The maximum atomic E-state index is 12.2. The number of hydrogen-bond acceptors (Lipinski definition) is 4. The maximum absolute atomic E-state index is 12.2. The molecule has 0 saturated heterocycles. The number of nitrogen functional groups attached to an aromatic ring is 1. The van der Waals surface area contributed by atoms with E-state index in [2.05, 4.69) is 5.10 Å². The fourth-order valence-corrected chi connectivity index (χ4v) is 3.18. The lowest BCUT2D eigenvalue weighted by atomic mass is 9.92. The Bertz CT molecular complexity index is 896. The third-order valence-electron chi connectivity index (χ3n) is 4.20. The van der Waals surface area contributed by atoms with E-state index in [9.17, 15) is 4.79 Å². The normalized spacial score (nSPS) is 14.3. The lowest BCUT2D eigenvalue weighted by molar-refractivity contribution is 0.0973. The Morgan fingerprint density at radius 1 is 1.18 bits per heavy atom. The predicted octanol–water partition coefficient (Wildman–Crippen LogP) is 2.83. The number of aryl methyl sites for hydroxylation is 2. The highest BCUT2D eigenvalue weighted by Crippen LogP contribution is 2.33. The van der Waals surface area contributed by atoms with Gasteiger partial charge in [-0.15, -0.1) is 0 Å². The van der Waals surface area contributed by atoms with Gasteiger partial charge in [0.1, 0.15) is 0 Å². The summed E-state index contributed by atoms with van der Waals surface area (Å²) in [6.07, 6.45) is 2.18. The second kappa shape index (κ2) is 4.66. The van der Waals surface area contributed by atoms with Crippen molar-refractivity contribution >= 4 is 22.5 Å². The van der Waals surface area contributed by atoms with Crippen LogP contribution < -0.4 is 5.73 Å². The van der Waals surface area contributed by atoms with Crippen LogP contribution in [0.25, 0.3) is 16.7 Å². The summed E-state index contributed by atoms with van der Waals surface area (Å²) in [6.45, 7) is 1.90. The van der Waals surface area contributed by atoms with Crippen LogP contribution in [0.5, 0.6) is 0 Å². The standard InChI is InChI=1S/C17H16N4O/c1-10-14-16(18)15-12(8-5-9-13(15)22)19-17(14)21(20-10)11-6-3-2-4-7-11/h2-4,6-7H,5,8-9H2,1H3,(H2,18,19). The van der Waals surface area contributed by atoms with Crippen LogP contribution in [-0.2, 0) is 6.42 Å². The number of rotatable bonds is 1. The second-order valence-corrected chi connectivity index (χ2v) is 5.66. The number of hydrogen-bond donors (Lipinski definition) is 1. The van der Waals surface area contributed by atoms with E-state index in [0.717, 1.165) is 41.0 Å². The summed E-state index contributed by atoms with van der Waals surface area (Å²) in [6, 6.07) is 9.85. The van der Waals surface area contributed by atoms with E-state index in [1.54, 1.807) is 4.68 Å². The largest absolute Gasteiger partial charge is 0.397 e. The molecular weight excluding hydrogens is 276 g/mol. The van der Waals surface area contributed by atoms with Gasteiger partial charge in [-0.25, -0.2) is 9.67 Å². The zero-order valence-electron chi connectivity index (χ0n) is 12.3. The monoisotopic (exact) mass is 292 g/mol. The highest BCUT2D eigenvalue weighted by molar-refractivity contribution is 6.09. The smallest absolute Gasteiger partial charge is 0.166 e. The minimum atomic E-state index is 0.0972. The first-order chi connectivity index (χ1) is 10.7. The molecule has 0 radical (unpaired) electrons. The first-order valence-electron chi connectivity index (χ1n) is 7.43. The van der Waals surface area contributed by atoms with Crippen molar-refractivity contribution in [1.29, 1.82) is 0 Å². The van der Waals surface area contributed by atoms with Gasteiger partial charge >= 0.3 is 0 Å². The molecule has 0 saturated carbocycles. The molecule has 0 spiro atoms. The van der Waals surface area contributed by atoms with Crippen LogP contribution in [-0.4, -0.2) is 20.5 Å². The van der Waals surface area contributed by atoms with Crippen molar-refractivity contribution in [2.75, 3.05) is 5.73 Å². The maximum Gasteiger partial charge on any atom is 0.166 e. The molecule has 2 aromatic heterocycles. The van der Waals surface area contributed by atoms with Crippen molar-refractivity contribution in [3.8, 4) is 5.69 Å². The number of Topliss-reactive ketones (excluding diaryl/α,β-unsaturated/α-hetero) is 1. The number of carbonyl (C=O) groups excluding carboxylic acids is 1. The molecule has 22 heavy (non-hydrogen) atoms. The summed E-state index contributed by atoms with van der Waals surface area (Å²) in [4.78, 5) is 16.9. The lowest BCUT2D eigenvalue weighted by Crippen LogP contribution is -2.16. The molecule has 5 heteroatoms. The number of carbonyl (C=O) groups is 1. The second-order valence-electron chi connectivity index (χ2n) is 5.66. The third kappa shape index (κ3) is 1.75. The van der Waals surface area contributed by atoms with Gasteiger partial charge in [-0.05, 0) is 31.9 Å². The van der Waals surface area contributed by atoms with Gasteiger partial charge in [0.05, 0.1) is 33.7 Å². The Labute approximate surface area is 127 Å². The van der Waals surface area contributed by atoms with Crippen molar-refractivity contribution in [3.63, 3.8) is 0 Å². The van der Waals surface area contributed by atoms with Gasteiger partial charge in [0.25, 0.3) is 0 Å². The summed E-state index contributed by atoms with van der Waals surface area (Å²) >= 11 is 0. The molecule has 5 nitrogen and oxygen atoms in total. The van der Waals surface area contributed by atoms with Crippen LogP contribution >= 0.6 is 0 Å². The molecule has 4 rings (SSSR count). The Balaban J connectivity index is 2.07. The van der Waals surface area contributed by atoms with Crippen LogP contribution in [0, 0.1) is 6.92 Å². The number of nitrogens with zero attached hydrogens (tertiary/aromatic N) is 3. The average Bonchev–Trinajstić information content (AvgIpc) is 2.85. The van der Waals surface area contributed by atoms with Crippen LogP contribution in [0.15, 0.2) is 30.3 Å². The van der Waals surface area contributed by atoms with Crippen LogP contribution in [0.1, 0.15) is 34.6 Å². The zero-order chi connectivity index (χ0) is 15.3. The van der Waals surface area contributed by atoms with E-state index in [-0.39, 0.29) is 5.78 Å². The minimum Gasteiger partial charge on any atom is -0.397 e. The summed E-state index contributed by atoms with van der Waals surface area (Å²) in [5, 5.41) is 5.37. The molecule has 0 amide bonds. The fraction of sp³-hybridized carbons (Fsp3) is 0.235. The molecule has 1 aromatic carbocycles. The van der Waals surface area contributed by atoms with E-state index in [0.29, 0.717) is 17.7 Å². The first-order valence-corrected chi connectivity index (χ1v) is 7.43. The van der Waals surface area contributed by atoms with Crippen molar-refractivity contribution in [3.05, 3.63) is 47.3 Å². The van der Waals surface area contributed by atoms with Crippen molar-refractivity contribution in [1.82, 2.24) is 14.8 Å². The SMILES string of the molecule is Cc1nn(-c2ccccc2)c2nc3c(c(N)c12)C(=O)CCC3. The summed E-state index contributed by atoms with van der Waals surface area (Å²) in [5.74, 6) is 0.0972. The molecule has 0 atom stereocenters. The topological polar surface area (TPSA) is 73.8 Å². The Kier molecular flexibility index (Phi) is 2.76. The van der Waals surface area contributed by atoms with Gasteiger partial charge in [-0.1, -0.05) is 18.2 Å². The Hall–Kier alpha value is -2.69. The fourth-order valence-electron chi connectivity index (χ4n) is 3.18. The van der Waals surface area contributed by atoms with Gasteiger partial charge < -0.3 is 5.73 Å². The predicted molar refractivity (Wildman–Crippen MR) is 85.3 cm³/mol. The summed E-state index contributed by atoms with van der Waals surface area (Å²) in [5.41, 5.74) is 10.7. The average molecular weight is 292 g/mol. The number of aromatic nitrogens is 3. The molecule has 3 aromatic rings. The number of benzene rings is 1. The van der Waals surface area contributed by atoms with E-state index >= 15 is 0 Å². The highest BCUT2D eigenvalue weighted by Gasteiger charge is 2.26. The van der Waals surface area contributed by atoms with Crippen LogP contribution in [0.2, 0.25) is 0 Å². The van der Waals surface area contributed by atoms with Gasteiger partial charge in [0, 0.05) is 6.42 Å². The van der Waals surface area contributed by atoms with Gasteiger partial charge in [0.15, 0.2) is 11.4 Å². The van der Waals surface area contributed by atoms with Crippen LogP contribution in [0.4, 0.5) is 5.69 Å². The van der Waals surface area contributed by atoms with Crippen molar-refractivity contribution in [2.45, 2.75) is 26.2 Å². The van der Waals surface area contributed by atoms with E-state index in [4.69, 9.17) is 10.7 Å². The number of para-hydroxylation sites is 1. The number of ketones is 1. The highest BCUT2D eigenvalue weighted by atomic mass is 16.1. The van der Waals surface area contributed by atoms with Gasteiger partial charge in [-0.3, -0.25) is 4.79 Å². The third-order valence-corrected chi connectivity index (χ3v) is 4.20. The number of nitrogens with two attached hydrogens (primary N) is 1. The van der Waals surface area contributed by atoms with Gasteiger partial charge in [0.2, 0.25) is 0 Å². The van der Waals surface area contributed by atoms with E-state index in [1.165, 1.54) is 0 Å². The first kappa shape index (κ1) is 13.0. The molecular formula is C17H16N4O. The zero-order valence-corrected chi connectivity index (χ0v) is 12.3. The van der Waals surface area contributed by atoms with Crippen molar-refractivity contribution in [2.24, 2.45) is 0 Å². The number of fused-ring (bicyclic) bond motifs is 2. The molecule has 0 aliphatic heterocycles. The lowest BCUT2D eigenvalue weighted by Gasteiger charge is -2.16. The Morgan fingerprint density at radius 2 is 1.95 bits per heavy atom. The van der Waals surface area contributed by atoms with E-state index < -0.39 is 0 Å². The van der Waals surface area contributed by atoms with Crippen LogP contribution in [0.3, 0.4) is 0 Å². The summed E-state index contributed by atoms with van der Waals surface area (Å²) < 4.78 is 1.81. The van der Waals surface area contributed by atoms with E-state index in [1.807, 2.05) is 37.3 Å². The molecule has 0 unspecified atom stereocenters. The molecule has 1 aliphatic rings. The van der Waals surface area contributed by atoms with Crippen molar-refractivity contribution < 1.29 is 4.79 Å². The number of pyridine rings is 1. The summed E-state index contributed by atoms with van der Waals surface area (Å²) in [7, 11) is 0. The molecule has 0 bridgehead atoms. The minimum absolute atomic E-state index is 0.0972.